The summed E-state index contributed by atoms with van der Waals surface area (Å²) in [5.74, 6) is 0. The van der Waals surface area contributed by atoms with Crippen molar-refractivity contribution in [2.24, 2.45) is 16.0 Å². The Morgan fingerprint density at radius 2 is 1.65 bits per heavy atom. The Morgan fingerprint density at radius 3 is 2.17 bits per heavy atom. The van der Waals surface area contributed by atoms with Crippen LogP contribution in [0.25, 0.3) is 0 Å². The number of benzene rings is 1. The first kappa shape index (κ1) is 17.4. The smallest absolute Gasteiger partial charge is 0.294 e. The highest BCUT2D eigenvalue weighted by atomic mass is 32.2. The monoisotopic (exact) mass is 359 g/mol. The van der Waals surface area contributed by atoms with E-state index in [0.29, 0.717) is 0 Å². The Morgan fingerprint density at radius 1 is 1.04 bits per heavy atom. The Labute approximate surface area is 132 Å². The van der Waals surface area contributed by atoms with Crippen molar-refractivity contribution < 1.29 is 25.9 Å². The van der Waals surface area contributed by atoms with E-state index in [0.717, 1.165) is 12.1 Å². The molecule has 11 heteroatoms. The molecule has 0 bridgehead atoms. The first-order valence-corrected chi connectivity index (χ1v) is 9.08. The van der Waals surface area contributed by atoms with Crippen LogP contribution < -0.4 is 5.73 Å². The zero-order valence-corrected chi connectivity index (χ0v) is 13.1. The van der Waals surface area contributed by atoms with E-state index in [1.807, 2.05) is 0 Å². The topological polar surface area (TPSA) is 159 Å². The molecule has 9 nitrogen and oxygen atoms in total. The third-order valence-electron chi connectivity index (χ3n) is 3.01. The minimum absolute atomic E-state index is 0.180. The lowest BCUT2D eigenvalue weighted by atomic mass is 10.0. The van der Waals surface area contributed by atoms with Gasteiger partial charge in [0.25, 0.3) is 20.2 Å². The van der Waals surface area contributed by atoms with Crippen LogP contribution in [-0.4, -0.2) is 36.9 Å². The van der Waals surface area contributed by atoms with Gasteiger partial charge in [0.1, 0.15) is 5.25 Å². The second kappa shape index (κ2) is 5.94. The predicted octanol–water partition coefficient (Wildman–Crippen LogP) is 1.05. The zero-order chi connectivity index (χ0) is 17.3. The molecule has 0 aliphatic heterocycles. The standard InChI is InChI=1S/C12H13N3O6S2/c13-12(8-2-1-3-11(12)23(19,20)21)15-14-9-4-6-10(7-5-9)22(16,17)18/h1-8,11H,13H2,(H,16,17,18)(H,19,20,21)/b15-14+. The van der Waals surface area contributed by atoms with Crippen LogP contribution in [0.4, 0.5) is 5.69 Å². The fourth-order valence-electron chi connectivity index (χ4n) is 1.88. The fraction of sp³-hybridized carbons (Fsp3) is 0.167. The average Bonchev–Trinajstić information content (AvgIpc) is 2.44. The molecule has 23 heavy (non-hydrogen) atoms. The first-order chi connectivity index (χ1) is 10.5. The third kappa shape index (κ3) is 4.09. The summed E-state index contributed by atoms with van der Waals surface area (Å²) in [5.41, 5.74) is 4.24. The molecule has 2 rings (SSSR count). The van der Waals surface area contributed by atoms with Crippen LogP contribution in [0.5, 0.6) is 0 Å². The molecule has 1 aromatic rings. The maximum absolute atomic E-state index is 11.4. The Kier molecular flexibility index (Phi) is 4.50. The molecule has 0 fully saturated rings. The summed E-state index contributed by atoms with van der Waals surface area (Å²) in [7, 11) is -8.82. The second-order valence-electron chi connectivity index (χ2n) is 4.74. The van der Waals surface area contributed by atoms with Gasteiger partial charge in [-0.05, 0) is 30.3 Å². The summed E-state index contributed by atoms with van der Waals surface area (Å²) in [6.07, 6.45) is 5.30. The van der Waals surface area contributed by atoms with Crippen molar-refractivity contribution in [2.75, 3.05) is 0 Å². The van der Waals surface area contributed by atoms with Gasteiger partial charge in [0, 0.05) is 0 Å². The highest BCUT2D eigenvalue weighted by Gasteiger charge is 2.41. The third-order valence-corrected chi connectivity index (χ3v) is 5.05. The summed E-state index contributed by atoms with van der Waals surface area (Å²) < 4.78 is 62.7. The fourth-order valence-corrected chi connectivity index (χ4v) is 3.25. The second-order valence-corrected chi connectivity index (χ2v) is 7.70. The van der Waals surface area contributed by atoms with Gasteiger partial charge in [0.15, 0.2) is 5.66 Å². The number of hydrogen-bond donors (Lipinski definition) is 3. The minimum atomic E-state index is -4.49. The highest BCUT2D eigenvalue weighted by Crippen LogP contribution is 2.26. The molecule has 2 atom stereocenters. The molecule has 1 aromatic carbocycles. The molecule has 0 saturated carbocycles. The number of nitrogens with two attached hydrogens (primary N) is 1. The summed E-state index contributed by atoms with van der Waals surface area (Å²) in [6.45, 7) is 0. The van der Waals surface area contributed by atoms with E-state index < -0.39 is 31.1 Å². The van der Waals surface area contributed by atoms with Crippen LogP contribution in [0.2, 0.25) is 0 Å². The summed E-state index contributed by atoms with van der Waals surface area (Å²) >= 11 is 0. The largest absolute Gasteiger partial charge is 0.301 e. The highest BCUT2D eigenvalue weighted by molar-refractivity contribution is 7.86. The minimum Gasteiger partial charge on any atom is -0.301 e. The van der Waals surface area contributed by atoms with Gasteiger partial charge in [-0.15, -0.1) is 0 Å². The number of nitrogens with zero attached hydrogens (tertiary/aromatic N) is 2. The predicted molar refractivity (Wildman–Crippen MR) is 81.3 cm³/mol. The van der Waals surface area contributed by atoms with E-state index >= 15 is 0 Å². The van der Waals surface area contributed by atoms with Crippen molar-refractivity contribution in [1.82, 2.24) is 0 Å². The van der Waals surface area contributed by atoms with Crippen molar-refractivity contribution in [3.63, 3.8) is 0 Å². The van der Waals surface area contributed by atoms with Crippen molar-refractivity contribution in [1.29, 1.82) is 0 Å². The van der Waals surface area contributed by atoms with Crippen LogP contribution in [0, 0.1) is 0 Å². The Bertz CT molecular complexity index is 887. The molecule has 0 saturated heterocycles. The van der Waals surface area contributed by atoms with E-state index in [4.69, 9.17) is 10.3 Å². The lowest BCUT2D eigenvalue weighted by molar-refractivity contribution is 0.438. The van der Waals surface area contributed by atoms with Gasteiger partial charge in [-0.3, -0.25) is 9.11 Å². The van der Waals surface area contributed by atoms with Crippen LogP contribution in [0.3, 0.4) is 0 Å². The van der Waals surface area contributed by atoms with Crippen LogP contribution in [-0.2, 0) is 20.2 Å². The van der Waals surface area contributed by atoms with E-state index in [-0.39, 0.29) is 10.6 Å². The molecule has 124 valence electrons. The molecular formula is C12H13N3O6S2. The summed E-state index contributed by atoms with van der Waals surface area (Å²) in [4.78, 5) is -0.324. The van der Waals surface area contributed by atoms with E-state index in [1.165, 1.54) is 36.4 Å². The number of hydrogen-bond acceptors (Lipinski definition) is 7. The normalized spacial score (nSPS) is 25.1. The van der Waals surface area contributed by atoms with E-state index in [2.05, 4.69) is 10.2 Å². The molecular weight excluding hydrogens is 346 g/mol. The Hall–Kier alpha value is -1.92. The zero-order valence-electron chi connectivity index (χ0n) is 11.5. The van der Waals surface area contributed by atoms with Crippen molar-refractivity contribution in [2.45, 2.75) is 15.8 Å². The number of azo groups is 1. The van der Waals surface area contributed by atoms with E-state index in [9.17, 15) is 21.4 Å². The van der Waals surface area contributed by atoms with Gasteiger partial charge in [-0.2, -0.15) is 27.1 Å². The molecule has 4 N–H and O–H groups in total. The quantitative estimate of drug-likeness (QED) is 0.535. The van der Waals surface area contributed by atoms with Gasteiger partial charge in [-0.1, -0.05) is 18.2 Å². The SMILES string of the molecule is NC1(/N=N/c2ccc(S(=O)(=O)O)cc2)C=CC=CC1S(=O)(=O)O. The molecule has 1 aliphatic carbocycles. The Balaban J connectivity index is 2.31. The molecule has 2 unspecified atom stereocenters. The van der Waals surface area contributed by atoms with Gasteiger partial charge >= 0.3 is 0 Å². The van der Waals surface area contributed by atoms with Crippen molar-refractivity contribution >= 4 is 25.9 Å². The van der Waals surface area contributed by atoms with Gasteiger partial charge in [0.2, 0.25) is 0 Å². The van der Waals surface area contributed by atoms with Gasteiger partial charge in [0.05, 0.1) is 10.6 Å². The molecule has 0 aromatic heterocycles. The molecule has 0 amide bonds. The lowest BCUT2D eigenvalue weighted by Crippen LogP contribution is -2.50. The maximum atomic E-state index is 11.4. The molecule has 0 radical (unpaired) electrons. The van der Waals surface area contributed by atoms with Crippen LogP contribution in [0.15, 0.2) is 63.7 Å². The van der Waals surface area contributed by atoms with Crippen LogP contribution in [0.1, 0.15) is 0 Å². The summed E-state index contributed by atoms with van der Waals surface area (Å²) in [6, 6.07) is 4.70. The molecule has 0 heterocycles. The maximum Gasteiger partial charge on any atom is 0.294 e. The lowest BCUT2D eigenvalue weighted by Gasteiger charge is -2.27. The van der Waals surface area contributed by atoms with Gasteiger partial charge in [-0.25, -0.2) is 0 Å². The van der Waals surface area contributed by atoms with Crippen LogP contribution >= 0.6 is 0 Å². The average molecular weight is 359 g/mol. The van der Waals surface area contributed by atoms with Crippen molar-refractivity contribution in [3.8, 4) is 0 Å². The number of rotatable bonds is 4. The van der Waals surface area contributed by atoms with Gasteiger partial charge < -0.3 is 5.73 Å². The summed E-state index contributed by atoms with van der Waals surface area (Å²) in [5, 5.41) is 5.99. The number of allylic oxidation sites excluding steroid dienone is 2. The van der Waals surface area contributed by atoms with Crippen molar-refractivity contribution in [3.05, 3.63) is 48.6 Å². The molecule has 1 aliphatic rings. The van der Waals surface area contributed by atoms with E-state index in [1.54, 1.807) is 0 Å². The first-order valence-electron chi connectivity index (χ1n) is 6.14. The molecule has 0 spiro atoms.